The van der Waals surface area contributed by atoms with Crippen molar-refractivity contribution in [2.45, 2.75) is 38.4 Å². The van der Waals surface area contributed by atoms with Gasteiger partial charge in [-0.2, -0.15) is 0 Å². The Morgan fingerprint density at radius 2 is 1.83 bits per heavy atom. The highest BCUT2D eigenvalue weighted by Gasteiger charge is 2.26. The minimum atomic E-state index is -0.675. The minimum Gasteiger partial charge on any atom is -0.481 e. The number of ether oxygens (including phenoxy) is 1. The van der Waals surface area contributed by atoms with Gasteiger partial charge in [0.25, 0.3) is 0 Å². The second-order valence-electron chi connectivity index (χ2n) is 4.75. The van der Waals surface area contributed by atoms with Crippen molar-refractivity contribution in [1.29, 1.82) is 0 Å². The fourth-order valence-electron chi connectivity index (χ4n) is 2.27. The van der Waals surface area contributed by atoms with E-state index in [1.54, 1.807) is 0 Å². The van der Waals surface area contributed by atoms with E-state index in [1.807, 2.05) is 24.3 Å². The van der Waals surface area contributed by atoms with Gasteiger partial charge in [0.05, 0.1) is 18.6 Å². The summed E-state index contributed by atoms with van der Waals surface area (Å²) in [5.74, 6) is -0.855. The van der Waals surface area contributed by atoms with Crippen LogP contribution in [-0.2, 0) is 16.1 Å². The van der Waals surface area contributed by atoms with E-state index in [0.717, 1.165) is 36.3 Å². The normalized spacial score (nSPS) is 23.8. The van der Waals surface area contributed by atoms with Crippen LogP contribution in [0.3, 0.4) is 0 Å². The van der Waals surface area contributed by atoms with E-state index in [-0.39, 0.29) is 12.0 Å². The lowest BCUT2D eigenvalue weighted by Gasteiger charge is -2.26. The molecule has 18 heavy (non-hydrogen) atoms. The Labute approximate surface area is 112 Å². The zero-order valence-corrected chi connectivity index (χ0v) is 10.9. The summed E-state index contributed by atoms with van der Waals surface area (Å²) in [6.07, 6.45) is 3.31. The summed E-state index contributed by atoms with van der Waals surface area (Å²) in [5.41, 5.74) is 1.10. The van der Waals surface area contributed by atoms with E-state index >= 15 is 0 Å². The first-order valence-corrected chi connectivity index (χ1v) is 6.62. The summed E-state index contributed by atoms with van der Waals surface area (Å²) in [6.45, 7) is 0.569. The van der Waals surface area contributed by atoms with Crippen LogP contribution in [0.2, 0.25) is 5.02 Å². The van der Waals surface area contributed by atoms with Gasteiger partial charge in [-0.15, -0.1) is 0 Å². The molecule has 0 spiro atoms. The monoisotopic (exact) mass is 268 g/mol. The fraction of sp³-hybridized carbons (Fsp3) is 0.500. The lowest BCUT2D eigenvalue weighted by molar-refractivity contribution is -0.143. The van der Waals surface area contributed by atoms with Gasteiger partial charge in [0.15, 0.2) is 0 Å². The van der Waals surface area contributed by atoms with Crippen LogP contribution in [0.25, 0.3) is 0 Å². The van der Waals surface area contributed by atoms with Crippen molar-refractivity contribution in [2.75, 3.05) is 0 Å². The van der Waals surface area contributed by atoms with Gasteiger partial charge < -0.3 is 9.84 Å². The maximum Gasteiger partial charge on any atom is 0.306 e. The highest BCUT2D eigenvalue weighted by atomic mass is 35.5. The van der Waals surface area contributed by atoms with Gasteiger partial charge in [-0.1, -0.05) is 23.7 Å². The lowest BCUT2D eigenvalue weighted by atomic mass is 9.87. The summed E-state index contributed by atoms with van der Waals surface area (Å²) >= 11 is 5.81. The molecule has 1 N–H and O–H groups in total. The predicted molar refractivity (Wildman–Crippen MR) is 69.6 cm³/mol. The molecule has 4 heteroatoms. The Kier molecular flexibility index (Phi) is 4.61. The molecule has 0 atom stereocenters. The average Bonchev–Trinajstić information content (AvgIpc) is 2.38. The molecule has 0 aromatic heterocycles. The largest absolute Gasteiger partial charge is 0.481 e. The number of rotatable bonds is 4. The Balaban J connectivity index is 1.75. The summed E-state index contributed by atoms with van der Waals surface area (Å²) in [7, 11) is 0. The zero-order valence-electron chi connectivity index (χ0n) is 10.1. The van der Waals surface area contributed by atoms with Gasteiger partial charge in [0.1, 0.15) is 0 Å². The van der Waals surface area contributed by atoms with E-state index in [4.69, 9.17) is 21.4 Å². The van der Waals surface area contributed by atoms with Crippen molar-refractivity contribution in [1.82, 2.24) is 0 Å². The molecular formula is C14H17ClO3. The molecule has 0 saturated heterocycles. The molecule has 0 aliphatic heterocycles. The number of aliphatic carboxylic acids is 1. The molecule has 0 amide bonds. The van der Waals surface area contributed by atoms with E-state index in [0.29, 0.717) is 6.61 Å². The topological polar surface area (TPSA) is 46.5 Å². The number of carboxylic acid groups (broad SMARTS) is 1. The van der Waals surface area contributed by atoms with E-state index in [1.165, 1.54) is 0 Å². The van der Waals surface area contributed by atoms with Crippen molar-refractivity contribution < 1.29 is 14.6 Å². The molecule has 1 saturated carbocycles. The first-order valence-electron chi connectivity index (χ1n) is 6.24. The fourth-order valence-corrected chi connectivity index (χ4v) is 2.40. The van der Waals surface area contributed by atoms with Crippen LogP contribution >= 0.6 is 11.6 Å². The highest BCUT2D eigenvalue weighted by Crippen LogP contribution is 2.27. The van der Waals surface area contributed by atoms with Crippen LogP contribution in [-0.4, -0.2) is 17.2 Å². The van der Waals surface area contributed by atoms with Crippen LogP contribution < -0.4 is 0 Å². The highest BCUT2D eigenvalue weighted by molar-refractivity contribution is 6.30. The average molecular weight is 269 g/mol. The number of hydrogen-bond acceptors (Lipinski definition) is 2. The van der Waals surface area contributed by atoms with Crippen LogP contribution in [0.1, 0.15) is 31.2 Å². The molecule has 3 nitrogen and oxygen atoms in total. The van der Waals surface area contributed by atoms with Gasteiger partial charge in [-0.05, 0) is 43.4 Å². The van der Waals surface area contributed by atoms with E-state index < -0.39 is 5.97 Å². The van der Waals surface area contributed by atoms with Crippen molar-refractivity contribution >= 4 is 17.6 Å². The van der Waals surface area contributed by atoms with Crippen molar-refractivity contribution in [3.63, 3.8) is 0 Å². The van der Waals surface area contributed by atoms with Crippen molar-refractivity contribution in [3.8, 4) is 0 Å². The summed E-state index contributed by atoms with van der Waals surface area (Å²) in [6, 6.07) is 7.60. The Hall–Kier alpha value is -1.06. The SMILES string of the molecule is O=C(O)C1CCC(OCc2ccc(Cl)cc2)CC1. The molecule has 1 aromatic carbocycles. The lowest BCUT2D eigenvalue weighted by Crippen LogP contribution is -2.25. The molecule has 1 aromatic rings. The second kappa shape index (κ2) is 6.21. The quantitative estimate of drug-likeness (QED) is 0.909. The maximum absolute atomic E-state index is 10.8. The number of carboxylic acids is 1. The third-order valence-electron chi connectivity index (χ3n) is 3.42. The smallest absolute Gasteiger partial charge is 0.306 e. The molecule has 98 valence electrons. The molecular weight excluding hydrogens is 252 g/mol. The number of halogens is 1. The van der Waals surface area contributed by atoms with Crippen molar-refractivity contribution in [2.24, 2.45) is 5.92 Å². The Morgan fingerprint density at radius 3 is 2.39 bits per heavy atom. The molecule has 2 rings (SSSR count). The van der Waals surface area contributed by atoms with Gasteiger partial charge >= 0.3 is 5.97 Å². The molecule has 0 unspecified atom stereocenters. The summed E-state index contributed by atoms with van der Waals surface area (Å²) in [4.78, 5) is 10.8. The third-order valence-corrected chi connectivity index (χ3v) is 3.67. The molecule has 1 fully saturated rings. The minimum absolute atomic E-state index is 0.180. The van der Waals surface area contributed by atoms with E-state index in [9.17, 15) is 4.79 Å². The Bertz CT molecular complexity index is 394. The molecule has 1 aliphatic rings. The van der Waals surface area contributed by atoms with Crippen LogP contribution in [0.4, 0.5) is 0 Å². The molecule has 1 aliphatic carbocycles. The van der Waals surface area contributed by atoms with Crippen LogP contribution in [0, 0.1) is 5.92 Å². The second-order valence-corrected chi connectivity index (χ2v) is 5.19. The summed E-state index contributed by atoms with van der Waals surface area (Å²) in [5, 5.41) is 9.63. The number of carbonyl (C=O) groups is 1. The third kappa shape index (κ3) is 3.72. The zero-order chi connectivity index (χ0) is 13.0. The number of hydrogen-bond donors (Lipinski definition) is 1. The predicted octanol–water partition coefficient (Wildman–Crippen LogP) is 3.50. The van der Waals surface area contributed by atoms with Crippen LogP contribution in [0.15, 0.2) is 24.3 Å². The van der Waals surface area contributed by atoms with Gasteiger partial charge in [-0.25, -0.2) is 0 Å². The van der Waals surface area contributed by atoms with Crippen molar-refractivity contribution in [3.05, 3.63) is 34.9 Å². The first kappa shape index (κ1) is 13.4. The maximum atomic E-state index is 10.8. The van der Waals surface area contributed by atoms with Gasteiger partial charge in [0, 0.05) is 5.02 Å². The standard InChI is InChI=1S/C14H17ClO3/c15-12-5-1-10(2-6-12)9-18-13-7-3-11(4-8-13)14(16)17/h1-2,5-6,11,13H,3-4,7-9H2,(H,16,17). The molecule has 0 radical (unpaired) electrons. The van der Waals surface area contributed by atoms with Gasteiger partial charge in [-0.3, -0.25) is 4.79 Å². The van der Waals surface area contributed by atoms with E-state index in [2.05, 4.69) is 0 Å². The summed E-state index contributed by atoms with van der Waals surface area (Å²) < 4.78 is 5.80. The first-order chi connectivity index (χ1) is 8.65. The van der Waals surface area contributed by atoms with Crippen LogP contribution in [0.5, 0.6) is 0 Å². The van der Waals surface area contributed by atoms with Gasteiger partial charge in [0.2, 0.25) is 0 Å². The molecule has 0 heterocycles. The molecule has 0 bridgehead atoms. The number of benzene rings is 1. The Morgan fingerprint density at radius 1 is 1.22 bits per heavy atom.